The molecule has 0 saturated carbocycles. The normalized spacial score (nSPS) is 16.3. The molecule has 118 valence electrons. The Hall–Kier alpha value is -2.63. The number of aromatic nitrogens is 3. The van der Waals surface area contributed by atoms with Gasteiger partial charge in [-0.25, -0.2) is 4.79 Å². The van der Waals surface area contributed by atoms with E-state index in [0.717, 1.165) is 31.0 Å². The van der Waals surface area contributed by atoms with Gasteiger partial charge in [0.05, 0.1) is 6.54 Å². The van der Waals surface area contributed by atoms with Gasteiger partial charge in [0.1, 0.15) is 5.82 Å². The molecule has 4 rings (SSSR count). The predicted octanol–water partition coefficient (Wildman–Crippen LogP) is 1.83. The first-order valence-electron chi connectivity index (χ1n) is 7.99. The number of nitrogens with zero attached hydrogens (tertiary/aromatic N) is 4. The third-order valence-electron chi connectivity index (χ3n) is 4.43. The number of hydrogen-bond donors (Lipinski definition) is 1. The van der Waals surface area contributed by atoms with Gasteiger partial charge in [-0.2, -0.15) is 0 Å². The maximum absolute atomic E-state index is 12.3. The van der Waals surface area contributed by atoms with Gasteiger partial charge in [-0.1, -0.05) is 36.4 Å². The highest BCUT2D eigenvalue weighted by molar-refractivity contribution is 5.80. The van der Waals surface area contributed by atoms with Crippen molar-refractivity contribution in [1.29, 1.82) is 0 Å². The molecule has 0 radical (unpaired) electrons. The molecule has 1 N–H and O–H groups in total. The molecule has 3 heterocycles. The Kier molecular flexibility index (Phi) is 3.57. The quantitative estimate of drug-likeness (QED) is 0.941. The number of amides is 2. The van der Waals surface area contributed by atoms with Crippen LogP contribution in [-0.2, 0) is 19.5 Å². The van der Waals surface area contributed by atoms with E-state index >= 15 is 0 Å². The van der Waals surface area contributed by atoms with Crippen LogP contribution in [0.5, 0.6) is 0 Å². The molecule has 0 fully saturated rings. The predicted molar refractivity (Wildman–Crippen MR) is 86.6 cm³/mol. The summed E-state index contributed by atoms with van der Waals surface area (Å²) in [5.74, 6) is 1.88. The molecule has 2 amide bonds. The molecule has 0 spiro atoms. The van der Waals surface area contributed by atoms with Crippen LogP contribution in [0, 0.1) is 0 Å². The summed E-state index contributed by atoms with van der Waals surface area (Å²) in [7, 11) is 0. The molecule has 0 aliphatic carbocycles. The van der Waals surface area contributed by atoms with Gasteiger partial charge in [-0.3, -0.25) is 0 Å². The van der Waals surface area contributed by atoms with E-state index in [1.807, 2.05) is 23.1 Å². The van der Waals surface area contributed by atoms with Gasteiger partial charge in [0, 0.05) is 26.1 Å². The second kappa shape index (κ2) is 5.87. The fourth-order valence-electron chi connectivity index (χ4n) is 3.18. The minimum atomic E-state index is -0.0532. The van der Waals surface area contributed by atoms with E-state index in [2.05, 4.69) is 38.3 Å². The summed E-state index contributed by atoms with van der Waals surface area (Å²) in [6, 6.07) is 10.1. The lowest BCUT2D eigenvalue weighted by molar-refractivity contribution is 0.210. The summed E-state index contributed by atoms with van der Waals surface area (Å²) < 4.78 is 2.11. The molecule has 2 aliphatic rings. The molecule has 23 heavy (non-hydrogen) atoms. The largest absolute Gasteiger partial charge is 0.331 e. The monoisotopic (exact) mass is 309 g/mol. The molecule has 0 unspecified atom stereocenters. The number of benzene rings is 1. The fourth-order valence-corrected chi connectivity index (χ4v) is 3.18. The van der Waals surface area contributed by atoms with Crippen LogP contribution in [0.1, 0.15) is 23.6 Å². The third-order valence-corrected chi connectivity index (χ3v) is 4.43. The van der Waals surface area contributed by atoms with Crippen molar-refractivity contribution in [2.75, 3.05) is 13.1 Å². The van der Waals surface area contributed by atoms with E-state index in [1.165, 1.54) is 11.1 Å². The summed E-state index contributed by atoms with van der Waals surface area (Å²) in [5.41, 5.74) is 2.38. The van der Waals surface area contributed by atoms with Gasteiger partial charge in [0.25, 0.3) is 0 Å². The van der Waals surface area contributed by atoms with Crippen molar-refractivity contribution >= 4 is 11.6 Å². The van der Waals surface area contributed by atoms with Crippen molar-refractivity contribution in [1.82, 2.24) is 25.0 Å². The second-order valence-corrected chi connectivity index (χ2v) is 5.92. The van der Waals surface area contributed by atoms with E-state index in [1.54, 1.807) is 0 Å². The number of nitrogens with one attached hydrogen (secondary N) is 1. The van der Waals surface area contributed by atoms with Crippen LogP contribution in [0.15, 0.2) is 36.4 Å². The molecule has 1 aromatic carbocycles. The molecule has 0 saturated heterocycles. The SMILES string of the molecule is O=C(NCc1nnc2n1CCC2)N1CC=C(c2ccccc2)C1. The molecule has 0 atom stereocenters. The smallest absolute Gasteiger partial charge is 0.318 e. The summed E-state index contributed by atoms with van der Waals surface area (Å²) in [4.78, 5) is 14.2. The minimum Gasteiger partial charge on any atom is -0.331 e. The Morgan fingerprint density at radius 3 is 2.96 bits per heavy atom. The average Bonchev–Trinajstić information content (AvgIpc) is 3.30. The van der Waals surface area contributed by atoms with Crippen LogP contribution in [0.3, 0.4) is 0 Å². The van der Waals surface area contributed by atoms with Crippen LogP contribution < -0.4 is 5.32 Å². The van der Waals surface area contributed by atoms with Gasteiger partial charge in [0.2, 0.25) is 0 Å². The van der Waals surface area contributed by atoms with Crippen molar-refractivity contribution in [3.05, 3.63) is 53.6 Å². The number of carbonyl (C=O) groups is 1. The van der Waals surface area contributed by atoms with Gasteiger partial charge in [-0.05, 0) is 17.6 Å². The first-order chi connectivity index (χ1) is 11.3. The van der Waals surface area contributed by atoms with Crippen molar-refractivity contribution in [2.24, 2.45) is 0 Å². The molecule has 2 aromatic rings. The molecule has 6 heteroatoms. The third kappa shape index (κ3) is 2.72. The fraction of sp³-hybridized carbons (Fsp3) is 0.353. The number of carbonyl (C=O) groups excluding carboxylic acids is 1. The molecule has 6 nitrogen and oxygen atoms in total. The number of rotatable bonds is 3. The zero-order valence-electron chi connectivity index (χ0n) is 12.9. The number of aryl methyl sites for hydroxylation is 1. The topological polar surface area (TPSA) is 63.1 Å². The zero-order chi connectivity index (χ0) is 15.6. The number of urea groups is 1. The van der Waals surface area contributed by atoms with Crippen molar-refractivity contribution in [3.63, 3.8) is 0 Å². The van der Waals surface area contributed by atoms with Gasteiger partial charge in [-0.15, -0.1) is 10.2 Å². The summed E-state index contributed by atoms with van der Waals surface area (Å²) in [6.07, 6.45) is 4.21. The van der Waals surface area contributed by atoms with Crippen molar-refractivity contribution in [3.8, 4) is 0 Å². The Bertz CT molecular complexity index is 750. The highest BCUT2D eigenvalue weighted by atomic mass is 16.2. The van der Waals surface area contributed by atoms with Crippen molar-refractivity contribution in [2.45, 2.75) is 25.9 Å². The highest BCUT2D eigenvalue weighted by Crippen LogP contribution is 2.20. The summed E-state index contributed by atoms with van der Waals surface area (Å²) >= 11 is 0. The van der Waals surface area contributed by atoms with Gasteiger partial charge in [0.15, 0.2) is 5.82 Å². The maximum Gasteiger partial charge on any atom is 0.318 e. The van der Waals surface area contributed by atoms with Gasteiger partial charge >= 0.3 is 6.03 Å². The lowest BCUT2D eigenvalue weighted by Crippen LogP contribution is -2.38. The van der Waals surface area contributed by atoms with Crippen LogP contribution in [0.2, 0.25) is 0 Å². The molecular formula is C17H19N5O. The molecule has 2 aliphatic heterocycles. The van der Waals surface area contributed by atoms with E-state index in [0.29, 0.717) is 19.6 Å². The van der Waals surface area contributed by atoms with Crippen LogP contribution in [0.4, 0.5) is 4.79 Å². The maximum atomic E-state index is 12.3. The van der Waals surface area contributed by atoms with E-state index in [4.69, 9.17) is 0 Å². The molecule has 0 bridgehead atoms. The zero-order valence-corrected chi connectivity index (χ0v) is 12.9. The highest BCUT2D eigenvalue weighted by Gasteiger charge is 2.22. The number of fused-ring (bicyclic) bond motifs is 1. The molecular weight excluding hydrogens is 290 g/mol. The Morgan fingerprint density at radius 1 is 1.22 bits per heavy atom. The van der Waals surface area contributed by atoms with Gasteiger partial charge < -0.3 is 14.8 Å². The first-order valence-corrected chi connectivity index (χ1v) is 7.99. The first kappa shape index (κ1) is 14.0. The van der Waals surface area contributed by atoms with Crippen LogP contribution in [-0.4, -0.2) is 38.8 Å². The van der Waals surface area contributed by atoms with Crippen LogP contribution in [0.25, 0.3) is 5.57 Å². The molecule has 1 aromatic heterocycles. The average molecular weight is 309 g/mol. The lowest BCUT2D eigenvalue weighted by Gasteiger charge is -2.17. The lowest BCUT2D eigenvalue weighted by atomic mass is 10.1. The minimum absolute atomic E-state index is 0.0532. The van der Waals surface area contributed by atoms with E-state index in [9.17, 15) is 4.79 Å². The number of hydrogen-bond acceptors (Lipinski definition) is 3. The Labute approximate surface area is 134 Å². The Morgan fingerprint density at radius 2 is 2.09 bits per heavy atom. The van der Waals surface area contributed by atoms with Crippen LogP contribution >= 0.6 is 0 Å². The Balaban J connectivity index is 1.34. The second-order valence-electron chi connectivity index (χ2n) is 5.92. The summed E-state index contributed by atoms with van der Waals surface area (Å²) in [5, 5.41) is 11.3. The van der Waals surface area contributed by atoms with E-state index in [-0.39, 0.29) is 6.03 Å². The standard InChI is InChI=1S/C17H19N5O/c23-17(18-11-16-20-19-15-7-4-9-22(15)16)21-10-8-14(12-21)13-5-2-1-3-6-13/h1-3,5-6,8H,4,7,9-12H2,(H,18,23). The van der Waals surface area contributed by atoms with Crippen molar-refractivity contribution < 1.29 is 4.79 Å². The van der Waals surface area contributed by atoms with E-state index < -0.39 is 0 Å². The summed E-state index contributed by atoms with van der Waals surface area (Å²) in [6.45, 7) is 2.68.